The average Bonchev–Trinajstić information content (AvgIpc) is 3.45. The van der Waals surface area contributed by atoms with E-state index >= 15 is 0 Å². The lowest BCUT2D eigenvalue weighted by atomic mass is 9.90. The second-order valence-corrected chi connectivity index (χ2v) is 10.1. The molecule has 9 nitrogen and oxygen atoms in total. The standard InChI is InChI=1S/C26H34N8O/c1-16(2)34-17(3)30-22-9-8-21(32-26(22)34)20-14-27-24-23(20)25(29-15-28-24)31-18-4-6-19(7-5-18)33-10-12-35-13-11-33/h8-9,14-16,18-19H,4-7,10-13H2,1-3H3,(H2,27,28,29,31). The van der Waals surface area contributed by atoms with Crippen molar-refractivity contribution in [2.45, 2.75) is 64.6 Å². The third kappa shape index (κ3) is 4.16. The molecule has 1 aliphatic heterocycles. The predicted octanol–water partition coefficient (Wildman–Crippen LogP) is 4.31. The number of aromatic amines is 1. The van der Waals surface area contributed by atoms with Crippen molar-refractivity contribution in [1.29, 1.82) is 0 Å². The molecule has 184 valence electrons. The van der Waals surface area contributed by atoms with Crippen LogP contribution in [-0.2, 0) is 4.74 Å². The highest BCUT2D eigenvalue weighted by Crippen LogP contribution is 2.34. The van der Waals surface area contributed by atoms with E-state index in [1.54, 1.807) is 6.33 Å². The maximum absolute atomic E-state index is 5.53. The van der Waals surface area contributed by atoms with Crippen LogP contribution in [0, 0.1) is 6.92 Å². The Hall–Kier alpha value is -3.04. The molecule has 4 aromatic rings. The minimum absolute atomic E-state index is 0.291. The topological polar surface area (TPSA) is 96.8 Å². The molecule has 0 bridgehead atoms. The van der Waals surface area contributed by atoms with E-state index in [2.05, 4.69) is 49.6 Å². The normalized spacial score (nSPS) is 21.8. The summed E-state index contributed by atoms with van der Waals surface area (Å²) in [7, 11) is 0. The zero-order chi connectivity index (χ0) is 23.9. The van der Waals surface area contributed by atoms with Gasteiger partial charge in [0, 0.05) is 43.0 Å². The number of morpholine rings is 1. The number of H-pyrrole nitrogens is 1. The van der Waals surface area contributed by atoms with E-state index < -0.39 is 0 Å². The van der Waals surface area contributed by atoms with Crippen LogP contribution in [0.25, 0.3) is 33.5 Å². The van der Waals surface area contributed by atoms with Crippen LogP contribution in [0.1, 0.15) is 51.4 Å². The summed E-state index contributed by atoms with van der Waals surface area (Å²) in [6, 6.07) is 5.49. The van der Waals surface area contributed by atoms with Gasteiger partial charge in [-0.15, -0.1) is 0 Å². The third-order valence-corrected chi connectivity index (χ3v) is 7.58. The Morgan fingerprint density at radius 3 is 2.63 bits per heavy atom. The maximum Gasteiger partial charge on any atom is 0.160 e. The summed E-state index contributed by atoms with van der Waals surface area (Å²) >= 11 is 0. The molecule has 1 saturated heterocycles. The maximum atomic E-state index is 5.53. The minimum Gasteiger partial charge on any atom is -0.379 e. The number of pyridine rings is 1. The Labute approximate surface area is 205 Å². The van der Waals surface area contributed by atoms with E-state index in [4.69, 9.17) is 14.7 Å². The van der Waals surface area contributed by atoms with Crippen molar-refractivity contribution in [2.24, 2.45) is 0 Å². The van der Waals surface area contributed by atoms with Crippen LogP contribution in [0.2, 0.25) is 0 Å². The Morgan fingerprint density at radius 1 is 1.06 bits per heavy atom. The van der Waals surface area contributed by atoms with E-state index in [0.717, 1.165) is 84.2 Å². The molecule has 0 amide bonds. The van der Waals surface area contributed by atoms with E-state index in [0.29, 0.717) is 18.1 Å². The smallest absolute Gasteiger partial charge is 0.160 e. The van der Waals surface area contributed by atoms with Crippen LogP contribution < -0.4 is 5.32 Å². The first kappa shape index (κ1) is 22.4. The molecule has 2 N–H and O–H groups in total. The number of rotatable bonds is 5. The number of nitrogens with zero attached hydrogens (tertiary/aromatic N) is 6. The van der Waals surface area contributed by atoms with E-state index in [9.17, 15) is 0 Å². The molecular weight excluding hydrogens is 440 g/mol. The summed E-state index contributed by atoms with van der Waals surface area (Å²) in [5.41, 5.74) is 4.58. The number of fused-ring (bicyclic) bond motifs is 2. The Kier molecular flexibility index (Phi) is 5.89. The summed E-state index contributed by atoms with van der Waals surface area (Å²) in [5, 5.41) is 4.76. The van der Waals surface area contributed by atoms with Crippen LogP contribution in [-0.4, -0.2) is 72.8 Å². The van der Waals surface area contributed by atoms with Crippen molar-refractivity contribution in [2.75, 3.05) is 31.6 Å². The quantitative estimate of drug-likeness (QED) is 0.445. The Morgan fingerprint density at radius 2 is 1.86 bits per heavy atom. The molecule has 2 fully saturated rings. The van der Waals surface area contributed by atoms with Gasteiger partial charge in [0.05, 0.1) is 24.3 Å². The average molecular weight is 475 g/mol. The fourth-order valence-corrected chi connectivity index (χ4v) is 5.85. The van der Waals surface area contributed by atoms with E-state index in [1.165, 1.54) is 12.8 Å². The van der Waals surface area contributed by atoms with Gasteiger partial charge < -0.3 is 19.6 Å². The number of aryl methyl sites for hydroxylation is 1. The van der Waals surface area contributed by atoms with Gasteiger partial charge in [-0.05, 0) is 58.6 Å². The van der Waals surface area contributed by atoms with Crippen LogP contribution in [0.4, 0.5) is 5.82 Å². The third-order valence-electron chi connectivity index (χ3n) is 7.58. The van der Waals surface area contributed by atoms with E-state index in [1.807, 2.05) is 19.2 Å². The highest BCUT2D eigenvalue weighted by Gasteiger charge is 2.28. The molecule has 9 heteroatoms. The molecule has 0 aromatic carbocycles. The molecular formula is C26H34N8O. The summed E-state index contributed by atoms with van der Waals surface area (Å²) in [4.78, 5) is 24.8. The summed E-state index contributed by atoms with van der Waals surface area (Å²) < 4.78 is 7.72. The number of imidazole rings is 1. The molecule has 0 spiro atoms. The zero-order valence-corrected chi connectivity index (χ0v) is 20.8. The summed E-state index contributed by atoms with van der Waals surface area (Å²) in [5.74, 6) is 1.87. The highest BCUT2D eigenvalue weighted by molar-refractivity contribution is 6.00. The first-order valence-corrected chi connectivity index (χ1v) is 12.8. The van der Waals surface area contributed by atoms with Crippen LogP contribution in [0.3, 0.4) is 0 Å². The van der Waals surface area contributed by atoms with Crippen molar-refractivity contribution in [3.05, 3.63) is 30.5 Å². The zero-order valence-electron chi connectivity index (χ0n) is 20.8. The lowest BCUT2D eigenvalue weighted by Crippen LogP contribution is -2.46. The first-order valence-electron chi connectivity index (χ1n) is 12.8. The number of ether oxygens (including phenoxy) is 1. The second-order valence-electron chi connectivity index (χ2n) is 10.1. The van der Waals surface area contributed by atoms with Gasteiger partial charge in [0.1, 0.15) is 29.1 Å². The molecule has 6 rings (SSSR count). The lowest BCUT2D eigenvalue weighted by Gasteiger charge is -2.39. The molecule has 1 aliphatic carbocycles. The highest BCUT2D eigenvalue weighted by atomic mass is 16.5. The predicted molar refractivity (Wildman–Crippen MR) is 138 cm³/mol. The fourth-order valence-electron chi connectivity index (χ4n) is 5.85. The molecule has 5 heterocycles. The van der Waals surface area contributed by atoms with Gasteiger partial charge in [-0.3, -0.25) is 4.90 Å². The van der Waals surface area contributed by atoms with Gasteiger partial charge in [-0.25, -0.2) is 19.9 Å². The van der Waals surface area contributed by atoms with Gasteiger partial charge in [0.15, 0.2) is 5.65 Å². The lowest BCUT2D eigenvalue weighted by molar-refractivity contribution is 0.00791. The molecule has 0 unspecified atom stereocenters. The molecule has 0 atom stereocenters. The minimum atomic E-state index is 0.291. The second kappa shape index (κ2) is 9.20. The number of hydrogen-bond acceptors (Lipinski definition) is 7. The molecule has 0 radical (unpaired) electrons. The number of nitrogens with one attached hydrogen (secondary N) is 2. The van der Waals surface area contributed by atoms with Gasteiger partial charge in [-0.2, -0.15) is 0 Å². The van der Waals surface area contributed by atoms with Gasteiger partial charge in [-0.1, -0.05) is 0 Å². The number of anilines is 1. The van der Waals surface area contributed by atoms with Crippen molar-refractivity contribution in [3.8, 4) is 11.3 Å². The monoisotopic (exact) mass is 474 g/mol. The van der Waals surface area contributed by atoms with Gasteiger partial charge in [0.25, 0.3) is 0 Å². The van der Waals surface area contributed by atoms with Crippen LogP contribution in [0.5, 0.6) is 0 Å². The summed E-state index contributed by atoms with van der Waals surface area (Å²) in [6.07, 6.45) is 8.34. The number of hydrogen-bond donors (Lipinski definition) is 2. The molecule has 4 aromatic heterocycles. The van der Waals surface area contributed by atoms with Gasteiger partial charge in [0.2, 0.25) is 0 Å². The Balaban J connectivity index is 1.28. The molecule has 2 aliphatic rings. The van der Waals surface area contributed by atoms with Crippen LogP contribution >= 0.6 is 0 Å². The fraction of sp³-hybridized carbons (Fsp3) is 0.538. The molecule has 1 saturated carbocycles. The number of aromatic nitrogens is 6. The van der Waals surface area contributed by atoms with Crippen molar-refractivity contribution >= 4 is 28.0 Å². The van der Waals surface area contributed by atoms with Crippen molar-refractivity contribution < 1.29 is 4.74 Å². The molecule has 35 heavy (non-hydrogen) atoms. The van der Waals surface area contributed by atoms with Crippen LogP contribution in [0.15, 0.2) is 24.7 Å². The van der Waals surface area contributed by atoms with Crippen molar-refractivity contribution in [1.82, 2.24) is 34.4 Å². The van der Waals surface area contributed by atoms with E-state index in [-0.39, 0.29) is 0 Å². The first-order chi connectivity index (χ1) is 17.1. The Bertz CT molecular complexity index is 1330. The summed E-state index contributed by atoms with van der Waals surface area (Å²) in [6.45, 7) is 10.2. The van der Waals surface area contributed by atoms with Crippen molar-refractivity contribution in [3.63, 3.8) is 0 Å². The largest absolute Gasteiger partial charge is 0.379 e. The van der Waals surface area contributed by atoms with Gasteiger partial charge >= 0.3 is 0 Å². The SMILES string of the molecule is Cc1nc2ccc(-c3c[nH]c4ncnc(NC5CCC(N6CCOCC6)CC5)c34)nc2n1C(C)C.